The van der Waals surface area contributed by atoms with Gasteiger partial charge in [-0.05, 0) is 38.3 Å². The maximum atomic E-state index is 10.0. The molecule has 1 atom stereocenters. The first-order chi connectivity index (χ1) is 9.56. The highest BCUT2D eigenvalue weighted by Gasteiger charge is 2.31. The largest absolute Gasteiger partial charge is 0.508 e. The van der Waals surface area contributed by atoms with Crippen molar-refractivity contribution in [1.29, 1.82) is 0 Å². The van der Waals surface area contributed by atoms with E-state index in [9.17, 15) is 10.2 Å². The second kappa shape index (κ2) is 6.59. The summed E-state index contributed by atoms with van der Waals surface area (Å²) >= 11 is 0. The van der Waals surface area contributed by atoms with E-state index in [4.69, 9.17) is 0 Å². The molecule has 1 aromatic carbocycles. The number of nitrogens with one attached hydrogen (secondary N) is 1. The second-order valence-corrected chi connectivity index (χ2v) is 6.38. The number of aryl methyl sites for hydroxylation is 1. The van der Waals surface area contributed by atoms with Crippen molar-refractivity contribution < 1.29 is 10.2 Å². The lowest BCUT2D eigenvalue weighted by atomic mass is 9.74. The Balaban J connectivity index is 1.98. The van der Waals surface area contributed by atoms with E-state index < -0.39 is 0 Å². The molecule has 0 aromatic heterocycles. The number of aliphatic hydroxyl groups excluding tert-OH is 1. The molecular weight excluding hydrogens is 250 g/mol. The lowest BCUT2D eigenvalue weighted by Crippen LogP contribution is -2.40. The zero-order valence-electron chi connectivity index (χ0n) is 12.7. The van der Waals surface area contributed by atoms with Crippen LogP contribution in [0.2, 0.25) is 0 Å². The smallest absolute Gasteiger partial charge is 0.120 e. The van der Waals surface area contributed by atoms with E-state index in [-0.39, 0.29) is 18.1 Å². The highest BCUT2D eigenvalue weighted by molar-refractivity contribution is 5.37. The van der Waals surface area contributed by atoms with Crippen LogP contribution in [-0.4, -0.2) is 23.4 Å². The van der Waals surface area contributed by atoms with Gasteiger partial charge in [-0.25, -0.2) is 0 Å². The molecule has 0 spiro atoms. The Bertz CT molecular complexity index is 439. The summed E-state index contributed by atoms with van der Waals surface area (Å²) in [6.45, 7) is 5.12. The van der Waals surface area contributed by atoms with Gasteiger partial charge in [0.05, 0.1) is 0 Å². The van der Waals surface area contributed by atoms with Crippen LogP contribution in [-0.2, 0) is 0 Å². The number of hydrogen-bond donors (Lipinski definition) is 3. The summed E-state index contributed by atoms with van der Waals surface area (Å²) in [4.78, 5) is 0. The average molecular weight is 277 g/mol. The molecule has 1 aromatic rings. The quantitative estimate of drug-likeness (QED) is 0.774. The summed E-state index contributed by atoms with van der Waals surface area (Å²) in [5, 5.41) is 23.3. The van der Waals surface area contributed by atoms with Crippen molar-refractivity contribution in [2.45, 2.75) is 52.0 Å². The molecule has 0 amide bonds. The third-order valence-corrected chi connectivity index (χ3v) is 4.69. The van der Waals surface area contributed by atoms with Crippen LogP contribution in [0, 0.1) is 12.3 Å². The molecule has 112 valence electrons. The van der Waals surface area contributed by atoms with Gasteiger partial charge in [0.25, 0.3) is 0 Å². The number of phenolic OH excluding ortho intramolecular Hbond substituents is 1. The first kappa shape index (κ1) is 15.3. The molecule has 0 heterocycles. The number of phenols is 1. The first-order valence-corrected chi connectivity index (χ1v) is 7.70. The SMILES string of the molecule is Cc1ccc(C(C)NCC2(CO)CCCCC2)c(O)c1. The molecule has 3 heteroatoms. The van der Waals surface area contributed by atoms with Gasteiger partial charge in [-0.15, -0.1) is 0 Å². The summed E-state index contributed by atoms with van der Waals surface area (Å²) in [5.41, 5.74) is 2.03. The molecule has 1 aliphatic rings. The van der Waals surface area contributed by atoms with E-state index in [2.05, 4.69) is 12.2 Å². The van der Waals surface area contributed by atoms with Crippen LogP contribution < -0.4 is 5.32 Å². The predicted molar refractivity (Wildman–Crippen MR) is 81.9 cm³/mol. The van der Waals surface area contributed by atoms with Crippen molar-refractivity contribution in [2.24, 2.45) is 5.41 Å². The molecule has 1 fully saturated rings. The van der Waals surface area contributed by atoms with Crippen molar-refractivity contribution in [3.05, 3.63) is 29.3 Å². The number of aliphatic hydroxyl groups is 1. The van der Waals surface area contributed by atoms with E-state index in [1.807, 2.05) is 19.1 Å². The number of aromatic hydroxyl groups is 1. The maximum absolute atomic E-state index is 10.0. The summed E-state index contributed by atoms with van der Waals surface area (Å²) in [7, 11) is 0. The Hall–Kier alpha value is -1.06. The average Bonchev–Trinajstić information content (AvgIpc) is 2.46. The first-order valence-electron chi connectivity index (χ1n) is 7.70. The lowest BCUT2D eigenvalue weighted by Gasteiger charge is -2.36. The Morgan fingerprint density at radius 2 is 1.95 bits per heavy atom. The second-order valence-electron chi connectivity index (χ2n) is 6.38. The van der Waals surface area contributed by atoms with Crippen molar-refractivity contribution in [2.75, 3.05) is 13.2 Å². The summed E-state index contributed by atoms with van der Waals surface area (Å²) < 4.78 is 0. The van der Waals surface area contributed by atoms with E-state index in [1.54, 1.807) is 6.07 Å². The predicted octanol–water partition coefficient (Wildman–Crippen LogP) is 3.29. The van der Waals surface area contributed by atoms with Gasteiger partial charge in [-0.1, -0.05) is 31.4 Å². The zero-order valence-corrected chi connectivity index (χ0v) is 12.7. The Labute approximate surface area is 122 Å². The summed E-state index contributed by atoms with van der Waals surface area (Å²) in [5.74, 6) is 0.353. The normalized spacial score (nSPS) is 19.8. The van der Waals surface area contributed by atoms with Crippen LogP contribution >= 0.6 is 0 Å². The third-order valence-electron chi connectivity index (χ3n) is 4.69. The lowest BCUT2D eigenvalue weighted by molar-refractivity contribution is 0.0788. The van der Waals surface area contributed by atoms with Crippen LogP contribution in [0.4, 0.5) is 0 Å². The van der Waals surface area contributed by atoms with Crippen molar-refractivity contribution >= 4 is 0 Å². The summed E-state index contributed by atoms with van der Waals surface area (Å²) in [6.07, 6.45) is 5.92. The fraction of sp³-hybridized carbons (Fsp3) is 0.647. The molecule has 0 radical (unpaired) electrons. The maximum Gasteiger partial charge on any atom is 0.120 e. The van der Waals surface area contributed by atoms with Gasteiger partial charge in [-0.2, -0.15) is 0 Å². The Morgan fingerprint density at radius 1 is 1.25 bits per heavy atom. The van der Waals surface area contributed by atoms with E-state index in [1.165, 1.54) is 19.3 Å². The number of hydrogen-bond acceptors (Lipinski definition) is 3. The zero-order chi connectivity index (χ0) is 14.6. The molecule has 20 heavy (non-hydrogen) atoms. The van der Waals surface area contributed by atoms with Gasteiger partial charge in [0, 0.05) is 30.2 Å². The fourth-order valence-corrected chi connectivity index (χ4v) is 3.19. The third kappa shape index (κ3) is 3.53. The molecule has 0 bridgehead atoms. The highest BCUT2D eigenvalue weighted by atomic mass is 16.3. The number of benzene rings is 1. The van der Waals surface area contributed by atoms with Gasteiger partial charge < -0.3 is 15.5 Å². The minimum atomic E-state index is 0.0345. The molecule has 3 nitrogen and oxygen atoms in total. The van der Waals surface area contributed by atoms with Crippen LogP contribution in [0.1, 0.15) is 56.2 Å². The number of rotatable bonds is 5. The molecule has 1 unspecified atom stereocenters. The van der Waals surface area contributed by atoms with Crippen molar-refractivity contribution in [3.63, 3.8) is 0 Å². The molecular formula is C17H27NO2. The molecule has 3 N–H and O–H groups in total. The standard InChI is InChI=1S/C17H27NO2/c1-13-6-7-15(16(20)10-13)14(2)18-11-17(12-19)8-4-3-5-9-17/h6-7,10,14,18-20H,3-5,8-9,11-12H2,1-2H3. The molecule has 1 aliphatic carbocycles. The van der Waals surface area contributed by atoms with Gasteiger partial charge in [0.1, 0.15) is 5.75 Å². The molecule has 1 saturated carbocycles. The van der Waals surface area contributed by atoms with Gasteiger partial charge >= 0.3 is 0 Å². The van der Waals surface area contributed by atoms with Crippen LogP contribution in [0.3, 0.4) is 0 Å². The summed E-state index contributed by atoms with van der Waals surface area (Å²) in [6, 6.07) is 5.90. The molecule has 2 rings (SSSR count). The molecule has 0 saturated heterocycles. The molecule has 0 aliphatic heterocycles. The Morgan fingerprint density at radius 3 is 2.55 bits per heavy atom. The monoisotopic (exact) mass is 277 g/mol. The van der Waals surface area contributed by atoms with Gasteiger partial charge in [0.2, 0.25) is 0 Å². The highest BCUT2D eigenvalue weighted by Crippen LogP contribution is 2.36. The van der Waals surface area contributed by atoms with Crippen molar-refractivity contribution in [1.82, 2.24) is 5.32 Å². The van der Waals surface area contributed by atoms with E-state index in [0.717, 1.165) is 30.5 Å². The fourth-order valence-electron chi connectivity index (χ4n) is 3.19. The Kier molecular flexibility index (Phi) is 5.06. The van der Waals surface area contributed by atoms with Crippen LogP contribution in [0.5, 0.6) is 5.75 Å². The van der Waals surface area contributed by atoms with Crippen LogP contribution in [0.15, 0.2) is 18.2 Å². The minimum absolute atomic E-state index is 0.0345. The minimum Gasteiger partial charge on any atom is -0.508 e. The van der Waals surface area contributed by atoms with E-state index >= 15 is 0 Å². The van der Waals surface area contributed by atoms with Crippen molar-refractivity contribution in [3.8, 4) is 5.75 Å². The van der Waals surface area contributed by atoms with Crippen LogP contribution in [0.25, 0.3) is 0 Å². The van der Waals surface area contributed by atoms with E-state index in [0.29, 0.717) is 5.75 Å². The van der Waals surface area contributed by atoms with Gasteiger partial charge in [0.15, 0.2) is 0 Å². The van der Waals surface area contributed by atoms with Gasteiger partial charge in [-0.3, -0.25) is 0 Å². The topological polar surface area (TPSA) is 52.5 Å².